The number of aromatic nitrogens is 2. The quantitative estimate of drug-likeness (QED) is 0.723. The Morgan fingerprint density at radius 1 is 1.43 bits per heavy atom. The maximum absolute atomic E-state index is 11.8. The monoisotopic (exact) mass is 379 g/mol. The first-order chi connectivity index (χ1) is 13.3. The van der Waals surface area contributed by atoms with Gasteiger partial charge in [-0.3, -0.25) is 4.79 Å². The van der Waals surface area contributed by atoms with Crippen LogP contribution in [0.1, 0.15) is 42.6 Å². The molecule has 5 N–H and O–H groups in total. The van der Waals surface area contributed by atoms with Gasteiger partial charge in [-0.1, -0.05) is 12.1 Å². The van der Waals surface area contributed by atoms with Crippen molar-refractivity contribution in [1.29, 1.82) is 5.26 Å². The number of nitriles is 1. The fraction of sp³-hybridized carbons (Fsp3) is 0.400. The molecule has 1 saturated heterocycles. The van der Waals surface area contributed by atoms with Crippen molar-refractivity contribution in [3.05, 3.63) is 41.6 Å². The van der Waals surface area contributed by atoms with Crippen LogP contribution >= 0.6 is 0 Å². The number of primary amides is 1. The first-order valence-electron chi connectivity index (χ1n) is 9.26. The number of carbonyl (C=O) groups is 1. The number of nitrogens with one attached hydrogen (secondary N) is 1. The molecular formula is C20H25N7O. The highest BCUT2D eigenvalue weighted by molar-refractivity contribution is 5.98. The summed E-state index contributed by atoms with van der Waals surface area (Å²) >= 11 is 0. The molecule has 1 aliphatic heterocycles. The molecule has 0 bridgehead atoms. The lowest BCUT2D eigenvalue weighted by Crippen LogP contribution is -2.43. The molecule has 0 saturated carbocycles. The van der Waals surface area contributed by atoms with Gasteiger partial charge in [-0.15, -0.1) is 0 Å². The summed E-state index contributed by atoms with van der Waals surface area (Å²) in [5.74, 6) is 0.234. The molecule has 3 rings (SSSR count). The number of nitrogens with two attached hydrogens (primary N) is 2. The lowest BCUT2D eigenvalue weighted by atomic mass is 9.86. The van der Waals surface area contributed by atoms with Crippen molar-refractivity contribution in [3.8, 4) is 6.07 Å². The summed E-state index contributed by atoms with van der Waals surface area (Å²) in [7, 11) is 0. The van der Waals surface area contributed by atoms with Gasteiger partial charge in [-0.2, -0.15) is 10.2 Å². The lowest BCUT2D eigenvalue weighted by Gasteiger charge is -2.31. The number of anilines is 3. The van der Waals surface area contributed by atoms with Gasteiger partial charge < -0.3 is 21.7 Å². The number of hydrogen-bond acceptors (Lipinski definition) is 7. The SMILES string of the molecule is CC(C)(C#N)c1cccc(Nc2nc(N3CCC[C@H](N)C3)ncc2C(N)=O)c1. The van der Waals surface area contributed by atoms with E-state index < -0.39 is 11.3 Å². The minimum absolute atomic E-state index is 0.0782. The van der Waals surface area contributed by atoms with Crippen molar-refractivity contribution in [1.82, 2.24) is 9.97 Å². The van der Waals surface area contributed by atoms with Crippen LogP contribution in [-0.2, 0) is 5.41 Å². The number of hydrogen-bond donors (Lipinski definition) is 3. The third-order valence-electron chi connectivity index (χ3n) is 4.91. The van der Waals surface area contributed by atoms with Crippen LogP contribution in [-0.4, -0.2) is 35.0 Å². The highest BCUT2D eigenvalue weighted by Crippen LogP contribution is 2.27. The Hall–Kier alpha value is -3.18. The van der Waals surface area contributed by atoms with Gasteiger partial charge in [0.2, 0.25) is 5.95 Å². The number of benzene rings is 1. The largest absolute Gasteiger partial charge is 0.365 e. The predicted molar refractivity (Wildman–Crippen MR) is 108 cm³/mol. The van der Waals surface area contributed by atoms with Gasteiger partial charge in [-0.25, -0.2) is 4.98 Å². The van der Waals surface area contributed by atoms with Crippen molar-refractivity contribution in [2.75, 3.05) is 23.3 Å². The first-order valence-corrected chi connectivity index (χ1v) is 9.26. The normalized spacial score (nSPS) is 17.1. The number of rotatable bonds is 5. The van der Waals surface area contributed by atoms with Crippen LogP contribution in [0.15, 0.2) is 30.5 Å². The van der Waals surface area contributed by atoms with Crippen LogP contribution in [0.5, 0.6) is 0 Å². The van der Waals surface area contributed by atoms with E-state index in [4.69, 9.17) is 11.5 Å². The van der Waals surface area contributed by atoms with Gasteiger partial charge in [0.1, 0.15) is 11.4 Å². The van der Waals surface area contributed by atoms with Crippen molar-refractivity contribution >= 4 is 23.4 Å². The Morgan fingerprint density at radius 2 is 2.21 bits per heavy atom. The summed E-state index contributed by atoms with van der Waals surface area (Å²) in [5, 5.41) is 12.5. The Balaban J connectivity index is 1.94. The van der Waals surface area contributed by atoms with E-state index in [0.29, 0.717) is 24.0 Å². The topological polar surface area (TPSA) is 134 Å². The minimum atomic E-state index is -0.634. The van der Waals surface area contributed by atoms with E-state index in [2.05, 4.69) is 21.4 Å². The van der Waals surface area contributed by atoms with E-state index in [1.807, 2.05) is 43.0 Å². The van der Waals surface area contributed by atoms with Crippen molar-refractivity contribution in [2.45, 2.75) is 38.1 Å². The fourth-order valence-electron chi connectivity index (χ4n) is 3.18. The molecule has 2 aromatic rings. The van der Waals surface area contributed by atoms with E-state index in [9.17, 15) is 10.1 Å². The third kappa shape index (κ3) is 4.21. The second kappa shape index (κ2) is 7.82. The molecule has 146 valence electrons. The molecule has 8 heteroatoms. The second-order valence-electron chi connectivity index (χ2n) is 7.59. The first kappa shape index (κ1) is 19.6. The van der Waals surface area contributed by atoms with Gasteiger partial charge in [0.15, 0.2) is 0 Å². The van der Waals surface area contributed by atoms with Crippen molar-refractivity contribution < 1.29 is 4.79 Å². The predicted octanol–water partition coefficient (Wildman–Crippen LogP) is 2.05. The molecule has 1 atom stereocenters. The summed E-state index contributed by atoms with van der Waals surface area (Å²) in [5.41, 5.74) is 12.7. The number of nitrogens with zero attached hydrogens (tertiary/aromatic N) is 4. The zero-order chi connectivity index (χ0) is 20.3. The van der Waals surface area contributed by atoms with E-state index in [1.165, 1.54) is 6.20 Å². The molecular weight excluding hydrogens is 354 g/mol. The summed E-state index contributed by atoms with van der Waals surface area (Å²) in [4.78, 5) is 22.7. The van der Waals surface area contributed by atoms with Gasteiger partial charge in [0.25, 0.3) is 5.91 Å². The van der Waals surface area contributed by atoms with Crippen molar-refractivity contribution in [2.24, 2.45) is 11.5 Å². The van der Waals surface area contributed by atoms with Gasteiger partial charge in [-0.05, 0) is 44.4 Å². The molecule has 1 fully saturated rings. The average molecular weight is 379 g/mol. The molecule has 1 aromatic carbocycles. The van der Waals surface area contributed by atoms with Crippen LogP contribution in [0.25, 0.3) is 0 Å². The van der Waals surface area contributed by atoms with Gasteiger partial charge in [0.05, 0.1) is 11.5 Å². The highest BCUT2D eigenvalue weighted by atomic mass is 16.1. The molecule has 1 aromatic heterocycles. The highest BCUT2D eigenvalue weighted by Gasteiger charge is 2.22. The smallest absolute Gasteiger partial charge is 0.254 e. The zero-order valence-electron chi connectivity index (χ0n) is 16.1. The molecule has 0 spiro atoms. The van der Waals surface area contributed by atoms with Gasteiger partial charge in [0, 0.05) is 31.0 Å². The molecule has 2 heterocycles. The second-order valence-corrected chi connectivity index (χ2v) is 7.59. The van der Waals surface area contributed by atoms with Crippen LogP contribution < -0.4 is 21.7 Å². The molecule has 1 amide bonds. The van der Waals surface area contributed by atoms with Crippen LogP contribution in [0.4, 0.5) is 17.5 Å². The standard InChI is InChI=1S/C20H25N7O/c1-20(2,12-21)13-5-3-7-15(9-13)25-18-16(17(23)28)10-24-19(26-18)27-8-4-6-14(22)11-27/h3,5,7,9-10,14H,4,6,8,11,22H2,1-2H3,(H2,23,28)(H,24,25,26)/t14-/m0/s1. The zero-order valence-corrected chi connectivity index (χ0v) is 16.1. The Bertz CT molecular complexity index is 919. The Kier molecular flexibility index (Phi) is 5.47. The summed E-state index contributed by atoms with van der Waals surface area (Å²) in [6.45, 7) is 5.18. The van der Waals surface area contributed by atoms with E-state index in [0.717, 1.165) is 24.9 Å². The molecule has 0 aliphatic carbocycles. The Labute approximate surface area is 164 Å². The molecule has 8 nitrogen and oxygen atoms in total. The third-order valence-corrected chi connectivity index (χ3v) is 4.91. The van der Waals surface area contributed by atoms with Crippen LogP contribution in [0.2, 0.25) is 0 Å². The molecule has 28 heavy (non-hydrogen) atoms. The summed E-state index contributed by atoms with van der Waals surface area (Å²) in [6, 6.07) is 9.83. The lowest BCUT2D eigenvalue weighted by molar-refractivity contribution is 0.100. The minimum Gasteiger partial charge on any atom is -0.365 e. The van der Waals surface area contributed by atoms with Gasteiger partial charge >= 0.3 is 0 Å². The van der Waals surface area contributed by atoms with Crippen LogP contribution in [0, 0.1) is 11.3 Å². The molecule has 1 aliphatic rings. The number of amides is 1. The summed E-state index contributed by atoms with van der Waals surface area (Å²) in [6.07, 6.45) is 3.38. The fourth-order valence-corrected chi connectivity index (χ4v) is 3.18. The van der Waals surface area contributed by atoms with E-state index in [1.54, 1.807) is 0 Å². The Morgan fingerprint density at radius 3 is 2.89 bits per heavy atom. The number of carbonyl (C=O) groups excluding carboxylic acids is 1. The van der Waals surface area contributed by atoms with E-state index in [-0.39, 0.29) is 11.6 Å². The van der Waals surface area contributed by atoms with E-state index >= 15 is 0 Å². The molecule has 0 radical (unpaired) electrons. The maximum Gasteiger partial charge on any atom is 0.254 e. The van der Waals surface area contributed by atoms with Crippen molar-refractivity contribution in [3.63, 3.8) is 0 Å². The molecule has 0 unspecified atom stereocenters. The average Bonchev–Trinajstić information content (AvgIpc) is 2.68. The maximum atomic E-state index is 11.8. The summed E-state index contributed by atoms with van der Waals surface area (Å²) < 4.78 is 0. The van der Waals surface area contributed by atoms with Crippen LogP contribution in [0.3, 0.4) is 0 Å². The number of piperidine rings is 1.